The van der Waals surface area contributed by atoms with Crippen molar-refractivity contribution < 1.29 is 53.4 Å². The lowest BCUT2D eigenvalue weighted by Crippen LogP contribution is -2.57. The third-order valence-corrected chi connectivity index (χ3v) is 11.5. The molecule has 28 heteroatoms. The summed E-state index contributed by atoms with van der Waals surface area (Å²) >= 11 is 0. The van der Waals surface area contributed by atoms with Crippen LogP contribution in [-0.2, 0) is 49.6 Å². The molecule has 0 aromatic carbocycles. The van der Waals surface area contributed by atoms with Crippen molar-refractivity contribution in [1.29, 1.82) is 0 Å². The van der Waals surface area contributed by atoms with E-state index in [1.807, 2.05) is 0 Å². The molecular formula is C45H79N17O11. The predicted octanol–water partition coefficient (Wildman–Crippen LogP) is -6.52. The molecular weight excluding hydrogens is 955 g/mol. The van der Waals surface area contributed by atoms with Crippen LogP contribution in [0.5, 0.6) is 0 Å². The summed E-state index contributed by atoms with van der Waals surface area (Å²) in [5.41, 5.74) is 33.2. The Morgan fingerprint density at radius 1 is 0.753 bits per heavy atom. The maximum atomic E-state index is 14.2. The second-order valence-corrected chi connectivity index (χ2v) is 17.4. The first-order chi connectivity index (χ1) is 34.9. The highest BCUT2D eigenvalue weighted by molar-refractivity contribution is 6.40. The summed E-state index contributed by atoms with van der Waals surface area (Å²) in [5, 5.41) is 37.7. The molecule has 28 nitrogen and oxygen atoms in total. The number of aromatic nitrogens is 2. The monoisotopic (exact) mass is 1030 g/mol. The largest absolute Gasteiger partial charge is 0.391 e. The topological polar surface area (TPSA) is 479 Å². The van der Waals surface area contributed by atoms with Crippen LogP contribution in [0.25, 0.3) is 0 Å². The van der Waals surface area contributed by atoms with Crippen molar-refractivity contribution in [2.75, 3.05) is 58.9 Å². The first kappa shape index (κ1) is 62.8. The van der Waals surface area contributed by atoms with Crippen LogP contribution in [0, 0.1) is 0 Å². The molecule has 1 aliphatic heterocycles. The average molecular weight is 1030 g/mol. The number of aromatic amines is 1. The number of imidazole rings is 1. The van der Waals surface area contributed by atoms with Crippen LogP contribution < -0.4 is 71.6 Å². The predicted molar refractivity (Wildman–Crippen MR) is 268 cm³/mol. The molecule has 410 valence electrons. The van der Waals surface area contributed by atoms with Crippen LogP contribution in [0.3, 0.4) is 0 Å². The molecule has 0 saturated carbocycles. The smallest absolute Gasteiger partial charge is 0.269 e. The van der Waals surface area contributed by atoms with E-state index in [1.54, 1.807) is 0 Å². The van der Waals surface area contributed by atoms with Gasteiger partial charge in [0.15, 0.2) is 0 Å². The number of hydrogen-bond donors (Lipinski definition) is 16. The van der Waals surface area contributed by atoms with E-state index >= 15 is 0 Å². The maximum Gasteiger partial charge on any atom is 0.269 e. The Labute approximate surface area is 424 Å². The number of rotatable bonds is 36. The Balaban J connectivity index is 2.29. The SMILES string of the molecule is C=C(NC(=O)[C@H](CCCCN)NC(=O)[C@H](Cc1cnc[nH]1)NC(=O)[C@@H]1CCCN1C(=O)C(CCCN)=NC(=O)CNC(=O)[C@@H](NC(=O)C[C@@H](O)CN)[C@@H](O)CN)C(=O)N[C@@H](CCCCN)C(=O)NCCCCN. The molecule has 0 radical (unpaired) electrons. The van der Waals surface area contributed by atoms with Gasteiger partial charge < -0.3 is 91.7 Å². The summed E-state index contributed by atoms with van der Waals surface area (Å²) in [6, 6.07) is -6.35. The molecule has 1 saturated heterocycles. The molecule has 1 aromatic rings. The Morgan fingerprint density at radius 2 is 1.40 bits per heavy atom. The van der Waals surface area contributed by atoms with Crippen LogP contribution in [0.1, 0.15) is 89.2 Å². The molecule has 2 rings (SSSR count). The van der Waals surface area contributed by atoms with Crippen LogP contribution in [0.4, 0.5) is 0 Å². The van der Waals surface area contributed by atoms with Gasteiger partial charge in [0.2, 0.25) is 35.4 Å². The fourth-order valence-electron chi connectivity index (χ4n) is 7.42. The second kappa shape index (κ2) is 35.0. The van der Waals surface area contributed by atoms with E-state index in [4.69, 9.17) is 34.4 Å². The molecule has 22 N–H and O–H groups in total. The van der Waals surface area contributed by atoms with E-state index < -0.39 is 121 Å². The van der Waals surface area contributed by atoms with E-state index in [0.29, 0.717) is 70.3 Å². The van der Waals surface area contributed by atoms with Crippen molar-refractivity contribution in [3.8, 4) is 0 Å². The standard InChI is InChI=1S/C45H79N17O11/c1-27(39(67)58-30(10-2-4-14-46)40(68)53-18-7-6-16-48)56-41(69)31(11-3-5-15-47)59-42(70)33(20-28-24-52-26-55-28)60-43(71)34-13-9-19-62(34)45(73)32(12-8-17-49)57-37(66)25-54-44(72)38(35(64)23-51)61-36(65)21-29(63)22-50/h24,26,29-31,33-35,38,63-64H,1-23,25,46-51H2,(H,52,55)(H,53,68)(H,54,72)(H,56,69)(H,58,67)(H,59,70)(H,60,71)(H,61,65)/t29-,30+,31+,33+,34+,35+,38+/m1/s1. The number of aliphatic hydroxyl groups is 2. The third kappa shape index (κ3) is 23.0. The Morgan fingerprint density at radius 3 is 2.00 bits per heavy atom. The van der Waals surface area contributed by atoms with E-state index in [-0.39, 0.29) is 70.4 Å². The lowest BCUT2D eigenvalue weighted by atomic mass is 10.1. The third-order valence-electron chi connectivity index (χ3n) is 11.5. The molecule has 1 aromatic heterocycles. The van der Waals surface area contributed by atoms with E-state index in [9.17, 15) is 53.4 Å². The lowest BCUT2D eigenvalue weighted by molar-refractivity contribution is -0.136. The van der Waals surface area contributed by atoms with E-state index in [1.165, 1.54) is 17.4 Å². The highest BCUT2D eigenvalue weighted by atomic mass is 16.3. The normalized spacial score (nSPS) is 15.9. The zero-order chi connectivity index (χ0) is 54.3. The fourth-order valence-corrected chi connectivity index (χ4v) is 7.42. The Hall–Kier alpha value is -6.27. The van der Waals surface area contributed by atoms with Crippen molar-refractivity contribution in [3.63, 3.8) is 0 Å². The molecule has 0 aliphatic carbocycles. The number of hydrogen-bond acceptors (Lipinski definition) is 18. The number of amides is 9. The molecule has 73 heavy (non-hydrogen) atoms. The van der Waals surface area contributed by atoms with Crippen LogP contribution in [0.15, 0.2) is 29.8 Å². The van der Waals surface area contributed by atoms with Gasteiger partial charge in [-0.3, -0.25) is 43.2 Å². The zero-order valence-corrected chi connectivity index (χ0v) is 41.5. The van der Waals surface area contributed by atoms with Gasteiger partial charge in [0.1, 0.15) is 35.9 Å². The maximum absolute atomic E-state index is 14.2. The zero-order valence-electron chi connectivity index (χ0n) is 41.5. The number of aliphatic imine (C=N–C) groups is 1. The molecule has 0 spiro atoms. The first-order valence-corrected chi connectivity index (χ1v) is 24.7. The van der Waals surface area contributed by atoms with Crippen molar-refractivity contribution >= 4 is 58.9 Å². The molecule has 0 bridgehead atoms. The number of unbranched alkanes of at least 4 members (excludes halogenated alkanes) is 3. The number of nitrogens with two attached hydrogens (primary N) is 6. The van der Waals surface area contributed by atoms with Gasteiger partial charge in [0.05, 0.1) is 37.2 Å². The van der Waals surface area contributed by atoms with Gasteiger partial charge in [-0.15, -0.1) is 0 Å². The molecule has 9 amide bonds. The molecule has 1 fully saturated rings. The number of carbonyl (C=O) groups excluding carboxylic acids is 9. The van der Waals surface area contributed by atoms with Crippen LogP contribution >= 0.6 is 0 Å². The minimum absolute atomic E-state index is 0.0621. The van der Waals surface area contributed by atoms with Crippen molar-refractivity contribution in [1.82, 2.24) is 52.1 Å². The van der Waals surface area contributed by atoms with Gasteiger partial charge in [-0.25, -0.2) is 9.98 Å². The quantitative estimate of drug-likeness (QED) is 0.0169. The van der Waals surface area contributed by atoms with Crippen molar-refractivity contribution in [3.05, 3.63) is 30.5 Å². The summed E-state index contributed by atoms with van der Waals surface area (Å²) < 4.78 is 0. The number of nitrogens with zero attached hydrogens (tertiary/aromatic N) is 3. The highest BCUT2D eigenvalue weighted by Crippen LogP contribution is 2.20. The minimum atomic E-state index is -1.62. The van der Waals surface area contributed by atoms with E-state index in [0.717, 1.165) is 0 Å². The minimum Gasteiger partial charge on any atom is -0.391 e. The number of nitrogens with one attached hydrogen (secondary N) is 8. The Bertz CT molecular complexity index is 1990. The molecule has 1 aliphatic rings. The molecule has 2 heterocycles. The number of carbonyl (C=O) groups is 9. The molecule has 7 atom stereocenters. The van der Waals surface area contributed by atoms with Crippen molar-refractivity contribution in [2.24, 2.45) is 39.4 Å². The summed E-state index contributed by atoms with van der Waals surface area (Å²) in [6.07, 6.45) is 3.64. The van der Waals surface area contributed by atoms with E-state index in [2.05, 4.69) is 58.8 Å². The van der Waals surface area contributed by atoms with Gasteiger partial charge in [0.25, 0.3) is 17.7 Å². The van der Waals surface area contributed by atoms with Gasteiger partial charge in [-0.2, -0.15) is 0 Å². The number of aliphatic hydroxyl groups excluding tert-OH is 2. The Kier molecular flexibility index (Phi) is 30.1. The summed E-state index contributed by atoms with van der Waals surface area (Å²) in [6.45, 7) is 3.85. The number of H-pyrrole nitrogens is 1. The van der Waals surface area contributed by atoms with Gasteiger partial charge in [-0.1, -0.05) is 6.58 Å². The number of likely N-dealkylation sites (tertiary alicyclic amines) is 1. The second-order valence-electron chi connectivity index (χ2n) is 17.4. The highest BCUT2D eigenvalue weighted by Gasteiger charge is 2.38. The van der Waals surface area contributed by atoms with Gasteiger partial charge in [0, 0.05) is 44.5 Å². The van der Waals surface area contributed by atoms with Crippen LogP contribution in [-0.4, -0.2) is 185 Å². The summed E-state index contributed by atoms with van der Waals surface area (Å²) in [5.74, 6) is -7.24. The molecule has 0 unspecified atom stereocenters. The first-order valence-electron chi connectivity index (χ1n) is 24.7. The average Bonchev–Trinajstić information content (AvgIpc) is 4.09. The van der Waals surface area contributed by atoms with Gasteiger partial charge >= 0.3 is 0 Å². The van der Waals surface area contributed by atoms with Crippen LogP contribution in [0.2, 0.25) is 0 Å². The van der Waals surface area contributed by atoms with Crippen molar-refractivity contribution in [2.45, 2.75) is 132 Å². The summed E-state index contributed by atoms with van der Waals surface area (Å²) in [7, 11) is 0. The fraction of sp³-hybridized carbons (Fsp3) is 0.667. The summed E-state index contributed by atoms with van der Waals surface area (Å²) in [4.78, 5) is 133. The lowest BCUT2D eigenvalue weighted by Gasteiger charge is -2.28. The van der Waals surface area contributed by atoms with Gasteiger partial charge in [-0.05, 0) is 103 Å².